The average molecular weight is 270 g/mol. The zero-order chi connectivity index (χ0) is 14.3. The lowest BCUT2D eigenvalue weighted by atomic mass is 10.0. The van der Waals surface area contributed by atoms with Crippen LogP contribution in [0.3, 0.4) is 0 Å². The third-order valence-corrected chi connectivity index (χ3v) is 3.91. The van der Waals surface area contributed by atoms with Gasteiger partial charge in [0.1, 0.15) is 5.82 Å². The lowest BCUT2D eigenvalue weighted by Crippen LogP contribution is -2.31. The van der Waals surface area contributed by atoms with Crippen LogP contribution in [0.15, 0.2) is 18.3 Å². The molecular formula is C15H18N4O. The van der Waals surface area contributed by atoms with Crippen LogP contribution in [-0.4, -0.2) is 22.0 Å². The number of nitrogens with one attached hydrogen (secondary N) is 1. The van der Waals surface area contributed by atoms with Gasteiger partial charge in [-0.2, -0.15) is 0 Å². The molecule has 5 heteroatoms. The molecule has 2 aromatic rings. The first-order valence-corrected chi connectivity index (χ1v) is 6.83. The van der Waals surface area contributed by atoms with E-state index in [0.29, 0.717) is 12.4 Å². The molecule has 0 saturated heterocycles. The molecule has 3 heterocycles. The van der Waals surface area contributed by atoms with Crippen molar-refractivity contribution in [1.82, 2.24) is 14.9 Å². The van der Waals surface area contributed by atoms with E-state index in [2.05, 4.69) is 21.8 Å². The predicted molar refractivity (Wildman–Crippen MR) is 78.5 cm³/mol. The van der Waals surface area contributed by atoms with Crippen molar-refractivity contribution in [2.24, 2.45) is 7.05 Å². The highest BCUT2D eigenvalue weighted by Gasteiger charge is 2.23. The van der Waals surface area contributed by atoms with Gasteiger partial charge in [-0.3, -0.25) is 4.79 Å². The van der Waals surface area contributed by atoms with Crippen LogP contribution >= 0.6 is 0 Å². The van der Waals surface area contributed by atoms with E-state index < -0.39 is 0 Å². The maximum absolute atomic E-state index is 11.9. The molecule has 2 aromatic heterocycles. The van der Waals surface area contributed by atoms with Crippen LogP contribution < -0.4 is 11.1 Å². The smallest absolute Gasteiger partial charge is 0.253 e. The van der Waals surface area contributed by atoms with Gasteiger partial charge >= 0.3 is 0 Å². The number of hydrogen-bond acceptors (Lipinski definition) is 3. The van der Waals surface area contributed by atoms with Gasteiger partial charge in [-0.25, -0.2) is 4.98 Å². The van der Waals surface area contributed by atoms with Crippen LogP contribution in [0.25, 0.3) is 11.3 Å². The van der Waals surface area contributed by atoms with Gasteiger partial charge in [0.15, 0.2) is 0 Å². The highest BCUT2D eigenvalue weighted by atomic mass is 16.1. The minimum atomic E-state index is 0.00757. The number of amides is 1. The summed E-state index contributed by atoms with van der Waals surface area (Å²) in [6.45, 7) is 2.79. The number of rotatable bonds is 2. The Morgan fingerprint density at radius 2 is 2.20 bits per heavy atom. The fraction of sp³-hybridized carbons (Fsp3) is 0.333. The lowest BCUT2D eigenvalue weighted by molar-refractivity contribution is 0.0945. The second-order valence-electron chi connectivity index (χ2n) is 5.07. The number of anilines is 1. The summed E-state index contributed by atoms with van der Waals surface area (Å²) >= 11 is 0. The summed E-state index contributed by atoms with van der Waals surface area (Å²) in [6, 6.07) is 3.84. The molecular weight excluding hydrogens is 252 g/mol. The Kier molecular flexibility index (Phi) is 2.97. The molecule has 1 aliphatic rings. The van der Waals surface area contributed by atoms with Crippen molar-refractivity contribution in [3.8, 4) is 11.3 Å². The Hall–Kier alpha value is -2.30. The van der Waals surface area contributed by atoms with Crippen molar-refractivity contribution in [3.05, 3.63) is 35.2 Å². The molecule has 0 fully saturated rings. The third-order valence-electron chi connectivity index (χ3n) is 3.91. The minimum absolute atomic E-state index is 0.00757. The largest absolute Gasteiger partial charge is 0.384 e. The average Bonchev–Trinajstić information content (AvgIpc) is 2.78. The molecule has 0 aromatic carbocycles. The summed E-state index contributed by atoms with van der Waals surface area (Å²) < 4.78 is 2.10. The lowest BCUT2D eigenvalue weighted by Gasteiger charge is -2.15. The molecule has 20 heavy (non-hydrogen) atoms. The summed E-state index contributed by atoms with van der Waals surface area (Å²) in [6.07, 6.45) is 3.56. The monoisotopic (exact) mass is 270 g/mol. The number of hydrogen-bond donors (Lipinski definition) is 2. The summed E-state index contributed by atoms with van der Waals surface area (Å²) in [4.78, 5) is 16.1. The SMILES string of the molecule is CCc1cnc(N)cc1-c1cc2c(n1C)CCNC2=O. The molecule has 0 aliphatic carbocycles. The zero-order valence-corrected chi connectivity index (χ0v) is 11.7. The quantitative estimate of drug-likeness (QED) is 0.869. The number of pyridine rings is 1. The van der Waals surface area contributed by atoms with Crippen LogP contribution in [0, 0.1) is 0 Å². The maximum Gasteiger partial charge on any atom is 0.253 e. The Balaban J connectivity index is 2.21. The third kappa shape index (κ3) is 1.86. The standard InChI is InChI=1S/C15H18N4O/c1-3-9-8-18-14(16)7-10(9)13-6-11-12(19(13)2)4-5-17-15(11)20/h6-8H,3-5H2,1-2H3,(H2,16,18)(H,17,20). The number of nitrogens with zero attached hydrogens (tertiary/aromatic N) is 2. The van der Waals surface area contributed by atoms with Crippen LogP contribution in [0.2, 0.25) is 0 Å². The first kappa shape index (κ1) is 12.7. The normalized spacial score (nSPS) is 14.0. The fourth-order valence-electron chi connectivity index (χ4n) is 2.81. The van der Waals surface area contributed by atoms with E-state index in [-0.39, 0.29) is 5.91 Å². The first-order valence-electron chi connectivity index (χ1n) is 6.83. The number of aromatic nitrogens is 2. The van der Waals surface area contributed by atoms with E-state index in [0.717, 1.165) is 40.9 Å². The van der Waals surface area contributed by atoms with Crippen molar-refractivity contribution >= 4 is 11.7 Å². The van der Waals surface area contributed by atoms with Crippen LogP contribution in [0.1, 0.15) is 28.5 Å². The number of nitrogens with two attached hydrogens (primary N) is 1. The van der Waals surface area contributed by atoms with Crippen molar-refractivity contribution in [2.75, 3.05) is 12.3 Å². The molecule has 0 unspecified atom stereocenters. The zero-order valence-electron chi connectivity index (χ0n) is 11.7. The van der Waals surface area contributed by atoms with Gasteiger partial charge in [0.2, 0.25) is 0 Å². The Labute approximate surface area is 117 Å². The molecule has 1 amide bonds. The fourth-order valence-corrected chi connectivity index (χ4v) is 2.81. The molecule has 0 radical (unpaired) electrons. The summed E-state index contributed by atoms with van der Waals surface area (Å²) in [5.74, 6) is 0.508. The molecule has 0 saturated carbocycles. The minimum Gasteiger partial charge on any atom is -0.384 e. The summed E-state index contributed by atoms with van der Waals surface area (Å²) in [7, 11) is 2.00. The van der Waals surface area contributed by atoms with Gasteiger partial charge in [-0.05, 0) is 24.1 Å². The van der Waals surface area contributed by atoms with Gasteiger partial charge in [-0.1, -0.05) is 6.92 Å². The van der Waals surface area contributed by atoms with E-state index in [4.69, 9.17) is 5.73 Å². The number of aryl methyl sites for hydroxylation is 1. The second kappa shape index (κ2) is 4.67. The first-order chi connectivity index (χ1) is 9.61. The molecule has 5 nitrogen and oxygen atoms in total. The Morgan fingerprint density at radius 3 is 2.90 bits per heavy atom. The maximum atomic E-state index is 11.9. The summed E-state index contributed by atoms with van der Waals surface area (Å²) in [5, 5.41) is 2.88. The molecule has 3 rings (SSSR count). The highest BCUT2D eigenvalue weighted by Crippen LogP contribution is 2.30. The van der Waals surface area contributed by atoms with Crippen LogP contribution in [-0.2, 0) is 19.9 Å². The molecule has 3 N–H and O–H groups in total. The Morgan fingerprint density at radius 1 is 1.40 bits per heavy atom. The predicted octanol–water partition coefficient (Wildman–Crippen LogP) is 1.52. The number of carbonyl (C=O) groups is 1. The van der Waals surface area contributed by atoms with E-state index in [9.17, 15) is 4.79 Å². The van der Waals surface area contributed by atoms with Crippen molar-refractivity contribution in [1.29, 1.82) is 0 Å². The van der Waals surface area contributed by atoms with E-state index in [1.54, 1.807) is 0 Å². The van der Waals surface area contributed by atoms with Crippen LogP contribution in [0.4, 0.5) is 5.82 Å². The number of carbonyl (C=O) groups excluding carboxylic acids is 1. The topological polar surface area (TPSA) is 72.9 Å². The van der Waals surface area contributed by atoms with Gasteiger partial charge in [0.25, 0.3) is 5.91 Å². The van der Waals surface area contributed by atoms with E-state index in [1.807, 2.05) is 25.4 Å². The van der Waals surface area contributed by atoms with Crippen LogP contribution in [0.5, 0.6) is 0 Å². The number of nitrogen functional groups attached to an aromatic ring is 1. The molecule has 0 bridgehead atoms. The summed E-state index contributed by atoms with van der Waals surface area (Å²) in [5.41, 5.74) is 10.9. The number of fused-ring (bicyclic) bond motifs is 1. The van der Waals surface area contributed by atoms with Gasteiger partial charge in [0, 0.05) is 43.2 Å². The van der Waals surface area contributed by atoms with Gasteiger partial charge in [-0.15, -0.1) is 0 Å². The molecule has 0 atom stereocenters. The van der Waals surface area contributed by atoms with Crippen molar-refractivity contribution in [2.45, 2.75) is 19.8 Å². The molecule has 0 spiro atoms. The molecule has 1 aliphatic heterocycles. The van der Waals surface area contributed by atoms with E-state index >= 15 is 0 Å². The van der Waals surface area contributed by atoms with Crippen molar-refractivity contribution < 1.29 is 4.79 Å². The molecule has 104 valence electrons. The van der Waals surface area contributed by atoms with Gasteiger partial charge < -0.3 is 15.6 Å². The highest BCUT2D eigenvalue weighted by molar-refractivity contribution is 5.98. The Bertz CT molecular complexity index is 687. The van der Waals surface area contributed by atoms with Gasteiger partial charge in [0.05, 0.1) is 5.56 Å². The second-order valence-corrected chi connectivity index (χ2v) is 5.07. The van der Waals surface area contributed by atoms with Crippen molar-refractivity contribution in [3.63, 3.8) is 0 Å². The van der Waals surface area contributed by atoms with E-state index in [1.165, 1.54) is 0 Å².